The molecule has 0 saturated heterocycles. The number of rotatable bonds is 2. The van der Waals surface area contributed by atoms with Crippen molar-refractivity contribution in [3.05, 3.63) is 18.5 Å². The first-order valence-corrected chi connectivity index (χ1v) is 7.60. The molecule has 4 nitrogen and oxygen atoms in total. The Morgan fingerprint density at radius 2 is 1.82 bits per heavy atom. The van der Waals surface area contributed by atoms with E-state index >= 15 is 0 Å². The van der Waals surface area contributed by atoms with Crippen LogP contribution in [0.4, 0.5) is 5.69 Å². The fraction of sp³-hybridized carbons (Fsp3) is 0.583. The fourth-order valence-electron chi connectivity index (χ4n) is 2.38. The van der Waals surface area contributed by atoms with Gasteiger partial charge in [0.2, 0.25) is 0 Å². The van der Waals surface area contributed by atoms with Crippen molar-refractivity contribution in [3.63, 3.8) is 0 Å². The van der Waals surface area contributed by atoms with Gasteiger partial charge >= 0.3 is 0 Å². The molecular weight excluding hydrogens is 236 g/mol. The highest BCUT2D eigenvalue weighted by Crippen LogP contribution is 2.29. The smallest absolute Gasteiger partial charge is 0.183 e. The van der Waals surface area contributed by atoms with E-state index in [-0.39, 0.29) is 15.8 Å². The highest BCUT2D eigenvalue weighted by molar-refractivity contribution is 7.92. The third kappa shape index (κ3) is 2.60. The lowest BCUT2D eigenvalue weighted by atomic mass is 10.2. The summed E-state index contributed by atoms with van der Waals surface area (Å²) in [7, 11) is -3.28. The molecule has 1 aliphatic rings. The van der Waals surface area contributed by atoms with Crippen LogP contribution >= 0.6 is 0 Å². The molecule has 0 aliphatic heterocycles. The van der Waals surface area contributed by atoms with Crippen molar-refractivity contribution in [1.29, 1.82) is 0 Å². The van der Waals surface area contributed by atoms with Crippen molar-refractivity contribution in [2.45, 2.75) is 48.7 Å². The number of anilines is 1. The van der Waals surface area contributed by atoms with Crippen molar-refractivity contribution in [1.82, 2.24) is 4.98 Å². The summed E-state index contributed by atoms with van der Waals surface area (Å²) in [6, 6.07) is 1.51. The Hall–Kier alpha value is -1.10. The second-order valence-electron chi connectivity index (χ2n) is 4.57. The molecule has 2 rings (SSSR count). The Morgan fingerprint density at radius 1 is 1.18 bits per heavy atom. The molecule has 0 atom stereocenters. The van der Waals surface area contributed by atoms with Gasteiger partial charge in [-0.3, -0.25) is 4.98 Å². The molecule has 1 aromatic heterocycles. The lowest BCUT2D eigenvalue weighted by molar-refractivity contribution is 0.563. The summed E-state index contributed by atoms with van der Waals surface area (Å²) in [5, 5.41) is -0.269. The third-order valence-electron chi connectivity index (χ3n) is 3.36. The van der Waals surface area contributed by atoms with Gasteiger partial charge in [-0.1, -0.05) is 25.7 Å². The molecule has 2 N–H and O–H groups in total. The van der Waals surface area contributed by atoms with Crippen LogP contribution in [0.25, 0.3) is 0 Å². The van der Waals surface area contributed by atoms with Gasteiger partial charge in [0.15, 0.2) is 9.84 Å². The van der Waals surface area contributed by atoms with Gasteiger partial charge in [0.05, 0.1) is 22.0 Å². The molecule has 0 radical (unpaired) electrons. The number of nitrogen functional groups attached to an aromatic ring is 1. The monoisotopic (exact) mass is 254 g/mol. The maximum absolute atomic E-state index is 12.5. The average Bonchev–Trinajstić information content (AvgIpc) is 2.58. The van der Waals surface area contributed by atoms with Gasteiger partial charge in [-0.15, -0.1) is 0 Å². The van der Waals surface area contributed by atoms with Crippen molar-refractivity contribution < 1.29 is 8.42 Å². The van der Waals surface area contributed by atoms with Crippen LogP contribution in [0.5, 0.6) is 0 Å². The molecule has 1 heterocycles. The summed E-state index contributed by atoms with van der Waals surface area (Å²) < 4.78 is 24.9. The molecule has 0 amide bonds. The molecule has 1 aromatic rings. The first-order valence-electron chi connectivity index (χ1n) is 6.06. The molecule has 0 bridgehead atoms. The number of hydrogen-bond acceptors (Lipinski definition) is 4. The van der Waals surface area contributed by atoms with Crippen LogP contribution in [0.1, 0.15) is 38.5 Å². The average molecular weight is 254 g/mol. The van der Waals surface area contributed by atoms with Crippen LogP contribution in [0.3, 0.4) is 0 Å². The molecule has 17 heavy (non-hydrogen) atoms. The Morgan fingerprint density at radius 3 is 2.41 bits per heavy atom. The highest BCUT2D eigenvalue weighted by Gasteiger charge is 2.29. The molecule has 0 unspecified atom stereocenters. The number of sulfone groups is 1. The predicted molar refractivity (Wildman–Crippen MR) is 67.3 cm³/mol. The molecule has 0 aromatic carbocycles. The number of nitrogens with zero attached hydrogens (tertiary/aromatic N) is 1. The van der Waals surface area contributed by atoms with Gasteiger partial charge in [0.1, 0.15) is 0 Å². The lowest BCUT2D eigenvalue weighted by Crippen LogP contribution is -2.21. The zero-order chi connectivity index (χ0) is 12.3. The highest BCUT2D eigenvalue weighted by atomic mass is 32.2. The van der Waals surface area contributed by atoms with E-state index in [2.05, 4.69) is 4.98 Å². The molecule has 94 valence electrons. The second kappa shape index (κ2) is 5.04. The maximum atomic E-state index is 12.5. The largest absolute Gasteiger partial charge is 0.396 e. The van der Waals surface area contributed by atoms with E-state index in [0.717, 1.165) is 38.5 Å². The topological polar surface area (TPSA) is 73.0 Å². The summed E-state index contributed by atoms with van der Waals surface area (Å²) in [6.45, 7) is 0. The van der Waals surface area contributed by atoms with Crippen molar-refractivity contribution in [3.8, 4) is 0 Å². The van der Waals surface area contributed by atoms with Crippen LogP contribution in [0.15, 0.2) is 23.4 Å². The zero-order valence-corrected chi connectivity index (χ0v) is 10.6. The van der Waals surface area contributed by atoms with Gasteiger partial charge in [-0.05, 0) is 18.9 Å². The molecule has 1 fully saturated rings. The summed E-state index contributed by atoms with van der Waals surface area (Å²) in [4.78, 5) is 4.08. The van der Waals surface area contributed by atoms with Crippen molar-refractivity contribution in [2.24, 2.45) is 0 Å². The van der Waals surface area contributed by atoms with Crippen LogP contribution in [0.2, 0.25) is 0 Å². The number of nitrogens with two attached hydrogens (primary N) is 1. The molecule has 1 saturated carbocycles. The van der Waals surface area contributed by atoms with Gasteiger partial charge in [0, 0.05) is 6.20 Å². The number of aromatic nitrogens is 1. The first kappa shape index (κ1) is 12.4. The van der Waals surface area contributed by atoms with Gasteiger partial charge in [-0.25, -0.2) is 8.42 Å². The van der Waals surface area contributed by atoms with E-state index in [0.29, 0.717) is 0 Å². The predicted octanol–water partition coefficient (Wildman–Crippen LogP) is 2.16. The summed E-state index contributed by atoms with van der Waals surface area (Å²) in [5.74, 6) is 0. The quantitative estimate of drug-likeness (QED) is 0.821. The standard InChI is InChI=1S/C12H18N2O2S/c13-11-9-14-8-7-12(11)17(15,16)10-5-3-1-2-4-6-10/h7-10H,1-6,13H2. The molecule has 0 spiro atoms. The van der Waals surface area contributed by atoms with Crippen LogP contribution in [-0.4, -0.2) is 18.7 Å². The summed E-state index contributed by atoms with van der Waals surface area (Å²) in [6.07, 6.45) is 8.66. The Kier molecular flexibility index (Phi) is 3.66. The Labute approximate surface area is 102 Å². The molecule has 1 aliphatic carbocycles. The fourth-order valence-corrected chi connectivity index (χ4v) is 4.33. The van der Waals surface area contributed by atoms with Crippen LogP contribution in [-0.2, 0) is 9.84 Å². The maximum Gasteiger partial charge on any atom is 0.183 e. The SMILES string of the molecule is Nc1cnccc1S(=O)(=O)C1CCCCCC1. The van der Waals surface area contributed by atoms with E-state index in [1.807, 2.05) is 0 Å². The minimum Gasteiger partial charge on any atom is -0.396 e. The first-order chi connectivity index (χ1) is 8.12. The second-order valence-corrected chi connectivity index (χ2v) is 6.77. The summed E-state index contributed by atoms with van der Waals surface area (Å²) >= 11 is 0. The molecular formula is C12H18N2O2S. The van der Waals surface area contributed by atoms with Crippen LogP contribution in [0, 0.1) is 0 Å². The normalized spacial score (nSPS) is 18.8. The number of hydrogen-bond donors (Lipinski definition) is 1. The van der Waals surface area contributed by atoms with E-state index in [4.69, 9.17) is 5.73 Å². The Bertz CT molecular complexity index is 477. The summed E-state index contributed by atoms with van der Waals surface area (Å²) in [5.41, 5.74) is 5.97. The third-order valence-corrected chi connectivity index (χ3v) is 5.69. The minimum absolute atomic E-state index is 0.249. The van der Waals surface area contributed by atoms with E-state index in [1.54, 1.807) is 0 Å². The molecule has 5 heteroatoms. The van der Waals surface area contributed by atoms with Crippen molar-refractivity contribution >= 4 is 15.5 Å². The number of pyridine rings is 1. The van der Waals surface area contributed by atoms with E-state index < -0.39 is 9.84 Å². The van der Waals surface area contributed by atoms with Crippen LogP contribution < -0.4 is 5.73 Å². The zero-order valence-electron chi connectivity index (χ0n) is 9.80. The Balaban J connectivity index is 2.32. The van der Waals surface area contributed by atoms with Crippen molar-refractivity contribution in [2.75, 3.05) is 5.73 Å². The van der Waals surface area contributed by atoms with Gasteiger partial charge in [0.25, 0.3) is 0 Å². The lowest BCUT2D eigenvalue weighted by Gasteiger charge is -2.16. The minimum atomic E-state index is -3.28. The van der Waals surface area contributed by atoms with E-state index in [9.17, 15) is 8.42 Å². The van der Waals surface area contributed by atoms with Gasteiger partial charge in [-0.2, -0.15) is 0 Å². The van der Waals surface area contributed by atoms with E-state index in [1.165, 1.54) is 18.5 Å². The van der Waals surface area contributed by atoms with Gasteiger partial charge < -0.3 is 5.73 Å².